The molecule has 1 N–H and O–H groups in total. The van der Waals surface area contributed by atoms with Gasteiger partial charge in [-0.05, 0) is 50.6 Å². The van der Waals surface area contributed by atoms with Gasteiger partial charge < -0.3 is 4.74 Å². The molecule has 0 spiro atoms. The molecule has 1 aromatic carbocycles. The van der Waals surface area contributed by atoms with E-state index in [0.29, 0.717) is 22.6 Å². The number of ether oxygens (including phenoxy) is 1. The minimum atomic E-state index is -0.559. The predicted octanol–water partition coefficient (Wildman–Crippen LogP) is 3.90. The van der Waals surface area contributed by atoms with Gasteiger partial charge in [-0.1, -0.05) is 17.7 Å². The van der Waals surface area contributed by atoms with E-state index in [1.165, 1.54) is 6.08 Å². The maximum atomic E-state index is 11.6. The van der Waals surface area contributed by atoms with Crippen LogP contribution in [0.15, 0.2) is 24.3 Å². The molecule has 0 saturated carbocycles. The van der Waals surface area contributed by atoms with Crippen molar-refractivity contribution in [1.29, 1.82) is 0 Å². The van der Waals surface area contributed by atoms with Crippen molar-refractivity contribution in [1.82, 2.24) is 0 Å². The highest BCUT2D eigenvalue weighted by Crippen LogP contribution is 2.22. The Balaban J connectivity index is 2.82. The summed E-state index contributed by atoms with van der Waals surface area (Å²) in [6, 6.07) is 4.95. The van der Waals surface area contributed by atoms with E-state index in [1.807, 2.05) is 0 Å². The van der Waals surface area contributed by atoms with E-state index in [1.54, 1.807) is 45.0 Å². The number of anilines is 1. The van der Waals surface area contributed by atoms with Crippen LogP contribution in [-0.4, -0.2) is 18.0 Å². The molecule has 19 heavy (non-hydrogen) atoms. The zero-order valence-electron chi connectivity index (χ0n) is 11.1. The fourth-order valence-electron chi connectivity index (χ4n) is 1.31. The Hall–Kier alpha value is -1.81. The largest absolute Gasteiger partial charge is 0.444 e. The minimum Gasteiger partial charge on any atom is -0.444 e. The Morgan fingerprint density at radius 1 is 1.37 bits per heavy atom. The Labute approximate surface area is 117 Å². The van der Waals surface area contributed by atoms with Gasteiger partial charge in [-0.25, -0.2) is 4.79 Å². The first-order valence-corrected chi connectivity index (χ1v) is 6.11. The van der Waals surface area contributed by atoms with Crippen LogP contribution in [-0.2, 0) is 9.53 Å². The molecule has 0 aliphatic heterocycles. The first-order chi connectivity index (χ1) is 8.81. The third-order valence-electron chi connectivity index (χ3n) is 2.00. The van der Waals surface area contributed by atoms with Gasteiger partial charge in [-0.15, -0.1) is 0 Å². The highest BCUT2D eigenvalue weighted by molar-refractivity contribution is 6.32. The van der Waals surface area contributed by atoms with E-state index in [9.17, 15) is 9.59 Å². The van der Waals surface area contributed by atoms with Gasteiger partial charge in [0.2, 0.25) is 0 Å². The fourth-order valence-corrected chi connectivity index (χ4v) is 1.49. The molecule has 4 nitrogen and oxygen atoms in total. The quantitative estimate of drug-likeness (QED) is 0.675. The van der Waals surface area contributed by atoms with Gasteiger partial charge in [0.25, 0.3) is 0 Å². The molecule has 0 aliphatic carbocycles. The van der Waals surface area contributed by atoms with E-state index in [4.69, 9.17) is 16.3 Å². The lowest BCUT2D eigenvalue weighted by molar-refractivity contribution is -0.104. The molecule has 0 radical (unpaired) electrons. The summed E-state index contributed by atoms with van der Waals surface area (Å²) < 4.78 is 5.14. The van der Waals surface area contributed by atoms with E-state index in [0.717, 1.165) is 0 Å². The van der Waals surface area contributed by atoms with E-state index >= 15 is 0 Å². The lowest BCUT2D eigenvalue weighted by Gasteiger charge is -2.19. The molecule has 1 amide bonds. The van der Waals surface area contributed by atoms with Gasteiger partial charge in [0.15, 0.2) is 0 Å². The zero-order valence-corrected chi connectivity index (χ0v) is 11.8. The Kier molecular flexibility index (Phi) is 5.12. The van der Waals surface area contributed by atoms with Crippen LogP contribution < -0.4 is 5.32 Å². The van der Waals surface area contributed by atoms with Gasteiger partial charge in [0.1, 0.15) is 11.9 Å². The van der Waals surface area contributed by atoms with E-state index in [2.05, 4.69) is 5.32 Å². The molecule has 1 aromatic rings. The van der Waals surface area contributed by atoms with Crippen molar-refractivity contribution in [2.24, 2.45) is 0 Å². The third-order valence-corrected chi connectivity index (χ3v) is 2.34. The number of hydrogen-bond donors (Lipinski definition) is 1. The number of halogens is 1. The molecule has 0 unspecified atom stereocenters. The second kappa shape index (κ2) is 6.38. The fraction of sp³-hybridized carbons (Fsp3) is 0.286. The maximum Gasteiger partial charge on any atom is 0.412 e. The van der Waals surface area contributed by atoms with Crippen molar-refractivity contribution < 1.29 is 14.3 Å². The molecule has 102 valence electrons. The van der Waals surface area contributed by atoms with Crippen molar-refractivity contribution in [3.63, 3.8) is 0 Å². The van der Waals surface area contributed by atoms with Gasteiger partial charge in [0, 0.05) is 10.7 Å². The van der Waals surface area contributed by atoms with E-state index in [-0.39, 0.29) is 0 Å². The number of nitrogens with one attached hydrogen (secondary N) is 1. The maximum absolute atomic E-state index is 11.6. The van der Waals surface area contributed by atoms with Crippen LogP contribution in [0.1, 0.15) is 26.3 Å². The number of allylic oxidation sites excluding steroid dienone is 1. The molecular formula is C14H16ClNO3. The lowest BCUT2D eigenvalue weighted by Crippen LogP contribution is -2.27. The normalized spacial score (nSPS) is 11.4. The van der Waals surface area contributed by atoms with Crippen LogP contribution in [0.3, 0.4) is 0 Å². The average molecular weight is 282 g/mol. The molecule has 1 rings (SSSR count). The Morgan fingerprint density at radius 3 is 2.63 bits per heavy atom. The summed E-state index contributed by atoms with van der Waals surface area (Å²) in [6.07, 6.45) is 3.01. The third kappa shape index (κ3) is 5.57. The van der Waals surface area contributed by atoms with Gasteiger partial charge >= 0.3 is 6.09 Å². The molecule has 0 bridgehead atoms. The van der Waals surface area contributed by atoms with Crippen molar-refractivity contribution in [3.05, 3.63) is 34.9 Å². The summed E-state index contributed by atoms with van der Waals surface area (Å²) >= 11 is 5.96. The topological polar surface area (TPSA) is 55.4 Å². The van der Waals surface area contributed by atoms with Crippen LogP contribution >= 0.6 is 11.6 Å². The molecule has 0 aromatic heterocycles. The summed E-state index contributed by atoms with van der Waals surface area (Å²) in [5, 5.41) is 3.09. The van der Waals surface area contributed by atoms with Gasteiger partial charge in [-0.2, -0.15) is 0 Å². The van der Waals surface area contributed by atoms with Crippen molar-refractivity contribution in [3.8, 4) is 0 Å². The predicted molar refractivity (Wildman–Crippen MR) is 76.4 cm³/mol. The standard InChI is InChI=1S/C14H16ClNO3/c1-14(2,3)19-13(18)16-11-6-7-12(15)10(9-11)5-4-8-17/h4-9H,1-3H3,(H,16,18)/b5-4+. The Morgan fingerprint density at radius 2 is 2.05 bits per heavy atom. The SMILES string of the molecule is CC(C)(C)OC(=O)Nc1ccc(Cl)c(/C=C/C=O)c1. The number of aldehydes is 1. The summed E-state index contributed by atoms with van der Waals surface area (Å²) in [5.74, 6) is 0. The molecule has 0 saturated heterocycles. The monoisotopic (exact) mass is 281 g/mol. The number of carbonyl (C=O) groups excluding carboxylic acids is 2. The summed E-state index contributed by atoms with van der Waals surface area (Å²) in [7, 11) is 0. The molecular weight excluding hydrogens is 266 g/mol. The number of carbonyl (C=O) groups is 2. The van der Waals surface area contributed by atoms with Crippen LogP contribution in [0, 0.1) is 0 Å². The molecule has 0 heterocycles. The number of benzene rings is 1. The first-order valence-electron chi connectivity index (χ1n) is 5.73. The Bertz CT molecular complexity index is 504. The second-order valence-electron chi connectivity index (χ2n) is 4.86. The summed E-state index contributed by atoms with van der Waals surface area (Å²) in [5.41, 5.74) is 0.628. The molecule has 0 atom stereocenters. The highest BCUT2D eigenvalue weighted by atomic mass is 35.5. The minimum absolute atomic E-state index is 0.493. The van der Waals surface area contributed by atoms with E-state index < -0.39 is 11.7 Å². The van der Waals surface area contributed by atoms with Crippen molar-refractivity contribution >= 4 is 35.7 Å². The first kappa shape index (κ1) is 15.2. The van der Waals surface area contributed by atoms with Crippen molar-refractivity contribution in [2.45, 2.75) is 26.4 Å². The number of hydrogen-bond acceptors (Lipinski definition) is 3. The lowest BCUT2D eigenvalue weighted by atomic mass is 10.2. The van der Waals surface area contributed by atoms with Gasteiger partial charge in [0.05, 0.1) is 0 Å². The number of amides is 1. The van der Waals surface area contributed by atoms with Crippen LogP contribution in [0.2, 0.25) is 5.02 Å². The zero-order chi connectivity index (χ0) is 14.5. The summed E-state index contributed by atoms with van der Waals surface area (Å²) in [6.45, 7) is 5.35. The van der Waals surface area contributed by atoms with Crippen LogP contribution in [0.25, 0.3) is 6.08 Å². The van der Waals surface area contributed by atoms with Crippen molar-refractivity contribution in [2.75, 3.05) is 5.32 Å². The van der Waals surface area contributed by atoms with Crippen LogP contribution in [0.4, 0.5) is 10.5 Å². The van der Waals surface area contributed by atoms with Crippen LogP contribution in [0.5, 0.6) is 0 Å². The van der Waals surface area contributed by atoms with Gasteiger partial charge in [-0.3, -0.25) is 10.1 Å². The molecule has 0 aliphatic rings. The summed E-state index contributed by atoms with van der Waals surface area (Å²) in [4.78, 5) is 21.9. The highest BCUT2D eigenvalue weighted by Gasteiger charge is 2.16. The smallest absolute Gasteiger partial charge is 0.412 e. The molecule has 5 heteroatoms. The number of rotatable bonds is 3. The second-order valence-corrected chi connectivity index (χ2v) is 5.27. The molecule has 0 fully saturated rings. The average Bonchev–Trinajstić information content (AvgIpc) is 2.27.